The number of ether oxygens (including phenoxy) is 1. The van der Waals surface area contributed by atoms with Crippen LogP contribution < -0.4 is 11.1 Å². The molecule has 0 aliphatic carbocycles. The van der Waals surface area contributed by atoms with Gasteiger partial charge in [0.05, 0.1) is 26.8 Å². The van der Waals surface area contributed by atoms with E-state index in [0.717, 1.165) is 19.5 Å². The maximum absolute atomic E-state index is 11.6. The van der Waals surface area contributed by atoms with E-state index in [1.165, 1.54) is 0 Å². The van der Waals surface area contributed by atoms with Crippen molar-refractivity contribution in [2.75, 3.05) is 52.1 Å². The normalized spacial score (nSPS) is 20.4. The third-order valence-corrected chi connectivity index (χ3v) is 20.7. The van der Waals surface area contributed by atoms with Gasteiger partial charge in [-0.1, -0.05) is 13.1 Å². The van der Waals surface area contributed by atoms with E-state index in [9.17, 15) is 9.59 Å². The highest BCUT2D eigenvalue weighted by Crippen LogP contribution is 2.28. The van der Waals surface area contributed by atoms with E-state index in [1.54, 1.807) is 13.1 Å². The van der Waals surface area contributed by atoms with Gasteiger partial charge in [0, 0.05) is 26.2 Å². The van der Waals surface area contributed by atoms with Gasteiger partial charge in [0.25, 0.3) is 0 Å². The van der Waals surface area contributed by atoms with E-state index in [4.69, 9.17) is 34.4 Å². The molecule has 2 radical (unpaired) electrons. The minimum atomic E-state index is -3.68. The molecule has 10 nitrogen and oxygen atoms in total. The summed E-state index contributed by atoms with van der Waals surface area (Å²) in [5, 5.41) is 3.28. The Labute approximate surface area is 207 Å². The molecule has 0 aromatic carbocycles. The van der Waals surface area contributed by atoms with Crippen molar-refractivity contribution in [2.45, 2.75) is 58.3 Å². The number of hydrogen-bond acceptors (Lipinski definition) is 10. The van der Waals surface area contributed by atoms with Crippen LogP contribution in [0, 0.1) is 0 Å². The summed E-state index contributed by atoms with van der Waals surface area (Å²) in [6.45, 7) is 17.6. The lowest BCUT2D eigenvalue weighted by Crippen LogP contribution is -2.65. The molecule has 1 saturated heterocycles. The predicted molar refractivity (Wildman–Crippen MR) is 143 cm³/mol. The van der Waals surface area contributed by atoms with Gasteiger partial charge < -0.3 is 41.8 Å². The summed E-state index contributed by atoms with van der Waals surface area (Å²) >= 11 is 0. The summed E-state index contributed by atoms with van der Waals surface area (Å²) < 4.78 is 30.7. The second-order valence-corrected chi connectivity index (χ2v) is 26.9. The molecule has 0 spiro atoms. The highest BCUT2D eigenvalue weighted by molar-refractivity contribution is 7.14. The molecule has 1 fully saturated rings. The van der Waals surface area contributed by atoms with Crippen molar-refractivity contribution in [2.24, 2.45) is 5.73 Å². The predicted octanol–water partition coefficient (Wildman–Crippen LogP) is 0.132. The van der Waals surface area contributed by atoms with E-state index >= 15 is 0 Å². The molecule has 16 heteroatoms. The zero-order valence-electron chi connectivity index (χ0n) is 21.6. The largest absolute Gasteiger partial charge is 0.493 e. The molecule has 33 heavy (non-hydrogen) atoms. The van der Waals surface area contributed by atoms with E-state index in [2.05, 4.69) is 10.2 Å². The number of hydrogen-bond donors (Lipinski definition) is 4. The van der Waals surface area contributed by atoms with E-state index < -0.39 is 42.7 Å². The van der Waals surface area contributed by atoms with Crippen LogP contribution in [0.3, 0.4) is 0 Å². The number of nitrogens with zero attached hydrogens (tertiary/aromatic N) is 1. The van der Waals surface area contributed by atoms with Gasteiger partial charge in [-0.2, -0.15) is 0 Å². The lowest BCUT2D eigenvalue weighted by atomic mass is 10.5. The molecule has 1 heterocycles. The van der Waals surface area contributed by atoms with Gasteiger partial charge in [0.2, 0.25) is 0 Å². The number of rotatable bonds is 16. The zero-order valence-corrected chi connectivity index (χ0v) is 26.6. The first-order valence-electron chi connectivity index (χ1n) is 11.7. The van der Waals surface area contributed by atoms with Crippen molar-refractivity contribution < 1.29 is 30.8 Å². The van der Waals surface area contributed by atoms with Crippen LogP contribution in [0.1, 0.15) is 6.42 Å². The summed E-state index contributed by atoms with van der Waals surface area (Å²) in [4.78, 5) is 24.2. The first kappa shape index (κ1) is 31.8. The van der Waals surface area contributed by atoms with Crippen molar-refractivity contribution in [1.29, 1.82) is 0 Å². The average molecular weight is 556 g/mol. The van der Waals surface area contributed by atoms with Crippen LogP contribution in [0.25, 0.3) is 0 Å². The van der Waals surface area contributed by atoms with Gasteiger partial charge in [-0.05, 0) is 51.7 Å². The highest BCUT2D eigenvalue weighted by Gasteiger charge is 2.51. The Balaban J connectivity index is 2.97. The fraction of sp³-hybridized carbons (Fsp3) is 1.00. The van der Waals surface area contributed by atoms with Crippen LogP contribution in [0.2, 0.25) is 51.9 Å². The molecule has 1 aliphatic heterocycles. The van der Waals surface area contributed by atoms with Crippen molar-refractivity contribution in [3.8, 4) is 0 Å². The summed E-state index contributed by atoms with van der Waals surface area (Å²) in [5.74, 6) is 0. The van der Waals surface area contributed by atoms with Crippen molar-refractivity contribution in [3.05, 3.63) is 0 Å². The van der Waals surface area contributed by atoms with Crippen molar-refractivity contribution in [1.82, 2.24) is 10.2 Å². The molecule has 0 saturated carbocycles. The van der Waals surface area contributed by atoms with Gasteiger partial charge in [-0.25, -0.2) is 0 Å². The Morgan fingerprint density at radius 1 is 0.939 bits per heavy atom. The second-order valence-electron chi connectivity index (χ2n) is 10.2. The Bertz CT molecular complexity index is 582. The topological polar surface area (TPSA) is 128 Å². The van der Waals surface area contributed by atoms with Gasteiger partial charge in [0.1, 0.15) is 8.19 Å². The molecule has 0 aromatic heterocycles. The molecule has 0 bridgehead atoms. The summed E-state index contributed by atoms with van der Waals surface area (Å²) in [5.41, 5.74) is 5.54. The Morgan fingerprint density at radius 3 is 2.06 bits per heavy atom. The minimum Gasteiger partial charge on any atom is -0.424 e. The lowest BCUT2D eigenvalue weighted by molar-refractivity contribution is 0.0375. The second kappa shape index (κ2) is 13.3. The zero-order chi connectivity index (χ0) is 25.4. The van der Waals surface area contributed by atoms with Gasteiger partial charge in [0.15, 0.2) is 0 Å². The Kier molecular flexibility index (Phi) is 12.8. The van der Waals surface area contributed by atoms with Crippen molar-refractivity contribution in [3.63, 3.8) is 0 Å². The molecule has 5 N–H and O–H groups in total. The standard InChI is InChI=1S/C17H46BN3O7Si5/c1-29(2,18)25-33(23,17-21-12-14-24-15-13-21)28-31(5,6)27-32(7,26-30(3,4)22)16-8-10-20-11-9-19/h20,22-23H,8-17,19H2,1-7H3. The first-order chi connectivity index (χ1) is 15.0. The van der Waals surface area contributed by atoms with Crippen molar-refractivity contribution >= 4 is 50.1 Å². The average Bonchev–Trinajstić information content (AvgIpc) is 2.57. The Morgan fingerprint density at radius 2 is 1.55 bits per heavy atom. The molecule has 1 rings (SSSR count). The molecular formula is C17H46BN3O7Si5. The Hall–Kier alpha value is 0.749. The van der Waals surface area contributed by atoms with Crippen LogP contribution in [0.4, 0.5) is 0 Å². The maximum atomic E-state index is 11.6. The number of morpholine rings is 1. The van der Waals surface area contributed by atoms with Gasteiger partial charge >= 0.3 is 34.5 Å². The van der Waals surface area contributed by atoms with E-state index in [1.807, 2.05) is 32.7 Å². The summed E-state index contributed by atoms with van der Waals surface area (Å²) in [6, 6.07) is 0.683. The summed E-state index contributed by atoms with van der Waals surface area (Å²) in [7, 11) is -8.62. The molecule has 0 amide bonds. The molecule has 0 aromatic rings. The van der Waals surface area contributed by atoms with Crippen LogP contribution in [-0.2, 0) is 21.2 Å². The van der Waals surface area contributed by atoms with Crippen LogP contribution in [-0.4, -0.2) is 117 Å². The number of nitrogens with two attached hydrogens (primary N) is 1. The molecule has 1 aliphatic rings. The maximum Gasteiger partial charge on any atom is 0.493 e. The smallest absolute Gasteiger partial charge is 0.424 e. The third-order valence-electron chi connectivity index (χ3n) is 4.59. The van der Waals surface area contributed by atoms with E-state index in [-0.39, 0.29) is 6.17 Å². The molecular weight excluding hydrogens is 509 g/mol. The van der Waals surface area contributed by atoms with Gasteiger partial charge in [-0.15, -0.1) is 0 Å². The third kappa shape index (κ3) is 14.8. The molecule has 2 unspecified atom stereocenters. The molecule has 194 valence electrons. The monoisotopic (exact) mass is 555 g/mol. The quantitative estimate of drug-likeness (QED) is 0.154. The van der Waals surface area contributed by atoms with E-state index in [0.29, 0.717) is 38.9 Å². The fourth-order valence-corrected chi connectivity index (χ4v) is 23.3. The highest BCUT2D eigenvalue weighted by atomic mass is 28.5. The fourth-order valence-electron chi connectivity index (χ4n) is 3.88. The first-order valence-corrected chi connectivity index (χ1v) is 24.9. The summed E-state index contributed by atoms with van der Waals surface area (Å²) in [6.07, 6.45) is 1.11. The lowest BCUT2D eigenvalue weighted by Gasteiger charge is -2.43. The van der Waals surface area contributed by atoms with Crippen LogP contribution in [0.5, 0.6) is 0 Å². The SMILES string of the molecule is [B][Si](C)(C)O[Si](O)(CN1CCOCC1)O[Si](C)(C)O[Si](C)(CCCNCCN)O[Si](C)(C)O. The minimum absolute atomic E-state index is 0.284. The molecule has 2 atom stereocenters. The van der Waals surface area contributed by atoms with Gasteiger partial charge in [-0.3, -0.25) is 4.90 Å². The van der Waals surface area contributed by atoms with Crippen LogP contribution >= 0.6 is 0 Å². The number of nitrogens with one attached hydrogen (secondary N) is 1. The van der Waals surface area contributed by atoms with Crippen LogP contribution in [0.15, 0.2) is 0 Å².